The number of aryl methyl sites for hydroxylation is 1. The largest absolute Gasteiger partial charge is 0.378 e. The van der Waals surface area contributed by atoms with Crippen LogP contribution in [0.25, 0.3) is 0 Å². The van der Waals surface area contributed by atoms with Crippen LogP contribution in [0.2, 0.25) is 0 Å². The molecule has 8 nitrogen and oxygen atoms in total. The van der Waals surface area contributed by atoms with Crippen LogP contribution in [0.1, 0.15) is 15.9 Å². The van der Waals surface area contributed by atoms with Gasteiger partial charge in [0.15, 0.2) is 5.11 Å². The van der Waals surface area contributed by atoms with Crippen LogP contribution in [0.15, 0.2) is 42.5 Å². The lowest BCUT2D eigenvalue weighted by molar-refractivity contribution is -0.384. The van der Waals surface area contributed by atoms with Gasteiger partial charge in [0.1, 0.15) is 5.69 Å². The van der Waals surface area contributed by atoms with Crippen LogP contribution in [0, 0.1) is 17.0 Å². The van der Waals surface area contributed by atoms with E-state index in [0.717, 1.165) is 5.56 Å². The Balaban J connectivity index is 1.71. The number of carbonyl (C=O) groups excluding carboxylic acids is 1. The molecule has 0 radical (unpaired) electrons. The molecule has 0 aliphatic carbocycles. The van der Waals surface area contributed by atoms with Crippen molar-refractivity contribution in [1.82, 2.24) is 5.32 Å². The molecule has 0 atom stereocenters. The number of hydrogen-bond donors (Lipinski definition) is 2. The first kappa shape index (κ1) is 19.7. The summed E-state index contributed by atoms with van der Waals surface area (Å²) >= 11 is 5.17. The minimum atomic E-state index is -0.426. The SMILES string of the molecule is Cc1cccc(C(=O)NC(=S)Nc2ccc(N3CCOCC3)c([N+](=O)[O-])c2)c1. The maximum atomic E-state index is 12.3. The number of rotatable bonds is 4. The van der Waals surface area contributed by atoms with Crippen molar-refractivity contribution in [1.29, 1.82) is 0 Å². The molecule has 9 heteroatoms. The summed E-state index contributed by atoms with van der Waals surface area (Å²) in [5.74, 6) is -0.347. The molecule has 1 amide bonds. The molecule has 0 bridgehead atoms. The van der Waals surface area contributed by atoms with E-state index >= 15 is 0 Å². The number of thiocarbonyl (C=S) groups is 1. The van der Waals surface area contributed by atoms with Crippen molar-refractivity contribution in [3.05, 3.63) is 63.7 Å². The summed E-state index contributed by atoms with van der Waals surface area (Å²) in [6.45, 7) is 4.15. The van der Waals surface area contributed by atoms with Gasteiger partial charge in [0.25, 0.3) is 11.6 Å². The average Bonchev–Trinajstić information content (AvgIpc) is 2.68. The lowest BCUT2D eigenvalue weighted by atomic mass is 10.1. The Labute approximate surface area is 167 Å². The third-order valence-corrected chi connectivity index (χ3v) is 4.49. The van der Waals surface area contributed by atoms with Crippen LogP contribution < -0.4 is 15.5 Å². The van der Waals surface area contributed by atoms with Gasteiger partial charge >= 0.3 is 0 Å². The van der Waals surface area contributed by atoms with Crippen molar-refractivity contribution in [3.63, 3.8) is 0 Å². The molecule has 2 aromatic rings. The Morgan fingerprint density at radius 3 is 2.64 bits per heavy atom. The molecule has 1 heterocycles. The van der Waals surface area contributed by atoms with E-state index in [0.29, 0.717) is 43.2 Å². The van der Waals surface area contributed by atoms with E-state index in [-0.39, 0.29) is 16.7 Å². The number of nitrogens with zero attached hydrogens (tertiary/aromatic N) is 2. The van der Waals surface area contributed by atoms with E-state index in [2.05, 4.69) is 10.6 Å². The zero-order valence-corrected chi connectivity index (χ0v) is 16.1. The number of benzene rings is 2. The first-order chi connectivity index (χ1) is 13.4. The highest BCUT2D eigenvalue weighted by Gasteiger charge is 2.22. The number of carbonyl (C=O) groups is 1. The highest BCUT2D eigenvalue weighted by atomic mass is 32.1. The molecule has 1 fully saturated rings. The summed E-state index contributed by atoms with van der Waals surface area (Å²) in [5, 5.41) is 17.0. The van der Waals surface area contributed by atoms with E-state index in [9.17, 15) is 14.9 Å². The van der Waals surface area contributed by atoms with Crippen LogP contribution in [-0.2, 0) is 4.74 Å². The van der Waals surface area contributed by atoms with Crippen molar-refractivity contribution in [2.45, 2.75) is 6.92 Å². The fourth-order valence-electron chi connectivity index (χ4n) is 2.94. The smallest absolute Gasteiger partial charge is 0.294 e. The van der Waals surface area contributed by atoms with Gasteiger partial charge in [-0.2, -0.15) is 0 Å². The van der Waals surface area contributed by atoms with E-state index < -0.39 is 4.92 Å². The van der Waals surface area contributed by atoms with Gasteiger partial charge in [0.05, 0.1) is 18.1 Å². The first-order valence-corrected chi connectivity index (χ1v) is 9.15. The van der Waals surface area contributed by atoms with Gasteiger partial charge in [-0.05, 0) is 43.4 Å². The van der Waals surface area contributed by atoms with E-state index in [1.807, 2.05) is 17.9 Å². The quantitative estimate of drug-likeness (QED) is 0.463. The van der Waals surface area contributed by atoms with E-state index in [1.54, 1.807) is 30.3 Å². The Bertz CT molecular complexity index is 913. The standard InChI is InChI=1S/C19H20N4O4S/c1-13-3-2-4-14(11-13)18(24)21-19(28)20-15-5-6-16(17(12-15)23(25)26)22-7-9-27-10-8-22/h2-6,11-12H,7-10H2,1H3,(H2,20,21,24,28). The third-order valence-electron chi connectivity index (χ3n) is 4.29. The number of nitro benzene ring substituents is 1. The monoisotopic (exact) mass is 400 g/mol. The number of anilines is 2. The number of morpholine rings is 1. The predicted molar refractivity (Wildman–Crippen MR) is 111 cm³/mol. The maximum absolute atomic E-state index is 12.3. The fourth-order valence-corrected chi connectivity index (χ4v) is 3.15. The fraction of sp³-hybridized carbons (Fsp3) is 0.263. The lowest BCUT2D eigenvalue weighted by Crippen LogP contribution is -2.36. The van der Waals surface area contributed by atoms with Gasteiger partial charge in [-0.15, -0.1) is 0 Å². The molecule has 0 spiro atoms. The number of nitrogens with one attached hydrogen (secondary N) is 2. The maximum Gasteiger partial charge on any atom is 0.294 e. The number of nitro groups is 1. The van der Waals surface area contributed by atoms with Crippen LogP contribution in [0.5, 0.6) is 0 Å². The predicted octanol–water partition coefficient (Wildman–Crippen LogP) is 2.87. The summed E-state index contributed by atoms with van der Waals surface area (Å²) < 4.78 is 5.30. The van der Waals surface area contributed by atoms with Gasteiger partial charge in [0.2, 0.25) is 0 Å². The second-order valence-corrected chi connectivity index (χ2v) is 6.75. The average molecular weight is 400 g/mol. The second-order valence-electron chi connectivity index (χ2n) is 6.34. The van der Waals surface area contributed by atoms with Crippen LogP contribution >= 0.6 is 12.2 Å². The molecule has 1 aliphatic heterocycles. The Kier molecular flexibility index (Phi) is 6.17. The number of ether oxygens (including phenoxy) is 1. The van der Waals surface area contributed by atoms with Crippen molar-refractivity contribution in [3.8, 4) is 0 Å². The molecule has 0 aromatic heterocycles. The molecule has 146 valence electrons. The first-order valence-electron chi connectivity index (χ1n) is 8.74. The summed E-state index contributed by atoms with van der Waals surface area (Å²) in [6.07, 6.45) is 0. The summed E-state index contributed by atoms with van der Waals surface area (Å²) in [4.78, 5) is 25.3. The van der Waals surface area contributed by atoms with E-state index in [1.165, 1.54) is 6.07 Å². The van der Waals surface area contributed by atoms with Crippen LogP contribution in [0.3, 0.4) is 0 Å². The summed E-state index contributed by atoms with van der Waals surface area (Å²) in [7, 11) is 0. The summed E-state index contributed by atoms with van der Waals surface area (Å²) in [6, 6.07) is 11.9. The summed E-state index contributed by atoms with van der Waals surface area (Å²) in [5.41, 5.74) is 2.38. The minimum absolute atomic E-state index is 0.0280. The van der Waals surface area contributed by atoms with E-state index in [4.69, 9.17) is 17.0 Å². The van der Waals surface area contributed by atoms with Crippen molar-refractivity contribution >= 4 is 40.3 Å². The third kappa shape index (κ3) is 4.81. The van der Waals surface area contributed by atoms with Gasteiger partial charge in [-0.1, -0.05) is 17.7 Å². The Hall–Kier alpha value is -3.04. The van der Waals surface area contributed by atoms with Crippen LogP contribution in [-0.4, -0.2) is 42.2 Å². The molecular weight excluding hydrogens is 380 g/mol. The van der Waals surface area contributed by atoms with Crippen molar-refractivity contribution in [2.24, 2.45) is 0 Å². The van der Waals surface area contributed by atoms with Gasteiger partial charge < -0.3 is 15.0 Å². The Morgan fingerprint density at radius 2 is 1.96 bits per heavy atom. The molecule has 2 N–H and O–H groups in total. The van der Waals surface area contributed by atoms with Gasteiger partial charge in [0, 0.05) is 30.4 Å². The highest BCUT2D eigenvalue weighted by Crippen LogP contribution is 2.31. The number of hydrogen-bond acceptors (Lipinski definition) is 6. The zero-order valence-electron chi connectivity index (χ0n) is 15.3. The minimum Gasteiger partial charge on any atom is -0.378 e. The topological polar surface area (TPSA) is 96.7 Å². The normalized spacial score (nSPS) is 13.7. The van der Waals surface area contributed by atoms with Crippen molar-refractivity contribution < 1.29 is 14.5 Å². The molecule has 2 aromatic carbocycles. The number of amides is 1. The lowest BCUT2D eigenvalue weighted by Gasteiger charge is -2.28. The molecule has 1 saturated heterocycles. The second kappa shape index (κ2) is 8.77. The molecular formula is C19H20N4O4S. The van der Waals surface area contributed by atoms with Crippen molar-refractivity contribution in [2.75, 3.05) is 36.5 Å². The van der Waals surface area contributed by atoms with Gasteiger partial charge in [-0.3, -0.25) is 20.2 Å². The van der Waals surface area contributed by atoms with Crippen LogP contribution in [0.4, 0.5) is 17.1 Å². The van der Waals surface area contributed by atoms with Gasteiger partial charge in [-0.25, -0.2) is 0 Å². The Morgan fingerprint density at radius 1 is 1.21 bits per heavy atom. The molecule has 0 saturated carbocycles. The molecule has 0 unspecified atom stereocenters. The molecule has 1 aliphatic rings. The highest BCUT2D eigenvalue weighted by molar-refractivity contribution is 7.80. The zero-order chi connectivity index (χ0) is 20.1. The molecule has 3 rings (SSSR count). The molecule has 28 heavy (non-hydrogen) atoms.